The van der Waals surface area contributed by atoms with Gasteiger partial charge in [-0.3, -0.25) is 0 Å². The molecular formula is C24H25F2N3O. The highest BCUT2D eigenvalue weighted by Crippen LogP contribution is 2.30. The molecule has 0 aliphatic carbocycles. The third-order valence-electron chi connectivity index (χ3n) is 5.30. The van der Waals surface area contributed by atoms with E-state index in [9.17, 15) is 8.78 Å². The molecule has 0 N–H and O–H groups in total. The Morgan fingerprint density at radius 3 is 2.03 bits per heavy atom. The first-order valence-corrected chi connectivity index (χ1v) is 10.4. The van der Waals surface area contributed by atoms with Crippen molar-refractivity contribution in [1.82, 2.24) is 14.9 Å². The van der Waals surface area contributed by atoms with Crippen molar-refractivity contribution in [2.45, 2.75) is 25.7 Å². The highest BCUT2D eigenvalue weighted by atomic mass is 19.1. The lowest BCUT2D eigenvalue weighted by Gasteiger charge is -2.26. The molecule has 3 aromatic rings. The second kappa shape index (κ2) is 9.76. The third kappa shape index (κ3) is 5.19. The normalized spacial score (nSPS) is 14.6. The molecule has 1 aromatic heterocycles. The number of benzene rings is 2. The molecule has 4 nitrogen and oxygen atoms in total. The number of ether oxygens (including phenoxy) is 1. The Balaban J connectivity index is 1.51. The minimum Gasteiger partial charge on any atom is -0.477 e. The van der Waals surface area contributed by atoms with Crippen molar-refractivity contribution < 1.29 is 13.5 Å². The number of aromatic nitrogens is 2. The van der Waals surface area contributed by atoms with Crippen molar-refractivity contribution in [3.63, 3.8) is 0 Å². The molecule has 1 aliphatic rings. The predicted octanol–water partition coefficient (Wildman–Crippen LogP) is 5.34. The molecule has 6 heteroatoms. The van der Waals surface area contributed by atoms with E-state index in [1.165, 1.54) is 56.6 Å². The molecule has 0 atom stereocenters. The third-order valence-corrected chi connectivity index (χ3v) is 5.30. The van der Waals surface area contributed by atoms with Crippen molar-refractivity contribution in [1.29, 1.82) is 0 Å². The summed E-state index contributed by atoms with van der Waals surface area (Å²) in [6.45, 7) is 3.91. The summed E-state index contributed by atoms with van der Waals surface area (Å²) < 4.78 is 32.6. The highest BCUT2D eigenvalue weighted by Gasteiger charge is 2.14. The number of hydrogen-bond donors (Lipinski definition) is 0. The van der Waals surface area contributed by atoms with Gasteiger partial charge in [0.05, 0.1) is 18.5 Å². The minimum atomic E-state index is -0.319. The van der Waals surface area contributed by atoms with Gasteiger partial charge in [0.2, 0.25) is 5.88 Å². The minimum absolute atomic E-state index is 0.316. The Morgan fingerprint density at radius 1 is 0.800 bits per heavy atom. The molecule has 2 aromatic carbocycles. The van der Waals surface area contributed by atoms with Gasteiger partial charge in [0.1, 0.15) is 17.3 Å². The summed E-state index contributed by atoms with van der Waals surface area (Å²) >= 11 is 0. The summed E-state index contributed by atoms with van der Waals surface area (Å²) in [4.78, 5) is 11.6. The van der Waals surface area contributed by atoms with Gasteiger partial charge < -0.3 is 9.64 Å². The fourth-order valence-electron chi connectivity index (χ4n) is 3.72. The lowest BCUT2D eigenvalue weighted by Crippen LogP contribution is -2.31. The Morgan fingerprint density at radius 2 is 1.40 bits per heavy atom. The largest absolute Gasteiger partial charge is 0.477 e. The van der Waals surface area contributed by atoms with Crippen molar-refractivity contribution >= 4 is 0 Å². The number of hydrogen-bond acceptors (Lipinski definition) is 4. The van der Waals surface area contributed by atoms with Gasteiger partial charge in [-0.1, -0.05) is 6.42 Å². The van der Waals surface area contributed by atoms with Crippen LogP contribution in [0, 0.1) is 11.6 Å². The second-order valence-electron chi connectivity index (χ2n) is 7.52. The summed E-state index contributed by atoms with van der Waals surface area (Å²) in [5, 5.41) is 0. The highest BCUT2D eigenvalue weighted by molar-refractivity contribution is 5.77. The molecule has 1 aliphatic heterocycles. The molecule has 0 unspecified atom stereocenters. The van der Waals surface area contributed by atoms with Gasteiger partial charge >= 0.3 is 0 Å². The second-order valence-corrected chi connectivity index (χ2v) is 7.52. The average molecular weight is 409 g/mol. The van der Waals surface area contributed by atoms with E-state index < -0.39 is 0 Å². The summed E-state index contributed by atoms with van der Waals surface area (Å²) in [6, 6.07) is 12.2. The lowest BCUT2D eigenvalue weighted by atomic mass is 10.0. The topological polar surface area (TPSA) is 38.2 Å². The monoisotopic (exact) mass is 409 g/mol. The maximum absolute atomic E-state index is 13.4. The number of piperidine rings is 1. The molecule has 0 spiro atoms. The maximum atomic E-state index is 13.4. The smallest absolute Gasteiger partial charge is 0.232 e. The molecule has 0 radical (unpaired) electrons. The van der Waals surface area contributed by atoms with Crippen LogP contribution in [0.2, 0.25) is 0 Å². The van der Waals surface area contributed by atoms with Crippen molar-refractivity contribution in [2.75, 3.05) is 26.2 Å². The molecule has 156 valence electrons. The van der Waals surface area contributed by atoms with E-state index in [1.807, 2.05) is 0 Å². The number of nitrogens with zero attached hydrogens (tertiary/aromatic N) is 3. The van der Waals surface area contributed by atoms with E-state index >= 15 is 0 Å². The summed E-state index contributed by atoms with van der Waals surface area (Å²) in [5.74, 6) is -0.206. The molecule has 30 heavy (non-hydrogen) atoms. The van der Waals surface area contributed by atoms with E-state index in [0.29, 0.717) is 23.9 Å². The van der Waals surface area contributed by atoms with Crippen molar-refractivity contribution in [3.8, 4) is 28.4 Å². The average Bonchev–Trinajstić information content (AvgIpc) is 2.79. The zero-order valence-electron chi connectivity index (χ0n) is 16.9. The molecule has 0 amide bonds. The van der Waals surface area contributed by atoms with E-state index in [-0.39, 0.29) is 11.6 Å². The molecule has 0 bridgehead atoms. The van der Waals surface area contributed by atoms with Crippen LogP contribution in [0.1, 0.15) is 25.7 Å². The molecular weight excluding hydrogens is 384 g/mol. The molecule has 4 rings (SSSR count). The van der Waals surface area contributed by atoms with E-state index in [2.05, 4.69) is 14.9 Å². The first-order chi connectivity index (χ1) is 14.7. The molecule has 0 saturated carbocycles. The number of rotatable bonds is 7. The van der Waals surface area contributed by atoms with Crippen LogP contribution in [-0.2, 0) is 0 Å². The van der Waals surface area contributed by atoms with Gasteiger partial charge in [-0.2, -0.15) is 0 Å². The summed E-state index contributed by atoms with van der Waals surface area (Å²) in [5.41, 5.74) is 2.64. The zero-order valence-corrected chi connectivity index (χ0v) is 16.9. The molecule has 2 heterocycles. The van der Waals surface area contributed by atoms with E-state index in [1.54, 1.807) is 30.5 Å². The number of halogens is 2. The first-order valence-electron chi connectivity index (χ1n) is 10.4. The Labute approximate surface area is 175 Å². The van der Waals surface area contributed by atoms with Gasteiger partial charge in [0.25, 0.3) is 0 Å². The van der Waals surface area contributed by atoms with Gasteiger partial charge in [-0.25, -0.2) is 18.7 Å². The van der Waals surface area contributed by atoms with Crippen LogP contribution in [-0.4, -0.2) is 41.1 Å². The molecule has 1 fully saturated rings. The Bertz CT molecular complexity index is 955. The van der Waals surface area contributed by atoms with Gasteiger partial charge in [0, 0.05) is 17.7 Å². The maximum Gasteiger partial charge on any atom is 0.232 e. The van der Waals surface area contributed by atoms with Crippen LogP contribution in [0.5, 0.6) is 5.88 Å². The van der Waals surface area contributed by atoms with Crippen molar-refractivity contribution in [2.24, 2.45) is 0 Å². The van der Waals surface area contributed by atoms with Crippen LogP contribution < -0.4 is 4.74 Å². The standard InChI is InChI=1S/C24H25F2N3O/c25-20-9-5-18(6-10-20)23-24(19-7-11-21(26)12-8-19)28-22(17-27-23)30-16-4-15-29-13-2-1-3-14-29/h5-12,17H,1-4,13-16H2. The van der Waals surface area contributed by atoms with Crippen LogP contribution in [0.15, 0.2) is 54.7 Å². The van der Waals surface area contributed by atoms with Crippen LogP contribution in [0.3, 0.4) is 0 Å². The number of likely N-dealkylation sites (tertiary alicyclic amines) is 1. The fraction of sp³-hybridized carbons (Fsp3) is 0.333. The van der Waals surface area contributed by atoms with E-state index in [4.69, 9.17) is 4.74 Å². The Hall–Kier alpha value is -2.86. The first kappa shape index (κ1) is 20.4. The van der Waals surface area contributed by atoms with Gasteiger partial charge in [-0.05, 0) is 80.9 Å². The lowest BCUT2D eigenvalue weighted by molar-refractivity contribution is 0.203. The van der Waals surface area contributed by atoms with Gasteiger partial charge in [-0.15, -0.1) is 0 Å². The summed E-state index contributed by atoms with van der Waals surface area (Å²) in [7, 11) is 0. The van der Waals surface area contributed by atoms with Crippen LogP contribution in [0.4, 0.5) is 8.78 Å². The van der Waals surface area contributed by atoms with Crippen LogP contribution in [0.25, 0.3) is 22.5 Å². The van der Waals surface area contributed by atoms with Crippen molar-refractivity contribution in [3.05, 3.63) is 66.4 Å². The Kier molecular flexibility index (Phi) is 6.64. The van der Waals surface area contributed by atoms with E-state index in [0.717, 1.165) is 24.1 Å². The van der Waals surface area contributed by atoms with Crippen LogP contribution >= 0.6 is 0 Å². The zero-order chi connectivity index (χ0) is 20.8. The molecule has 1 saturated heterocycles. The van der Waals surface area contributed by atoms with Gasteiger partial charge in [0.15, 0.2) is 0 Å². The fourth-order valence-corrected chi connectivity index (χ4v) is 3.72. The quantitative estimate of drug-likeness (QED) is 0.494. The SMILES string of the molecule is Fc1ccc(-c2ncc(OCCCN3CCCCC3)nc2-c2ccc(F)cc2)cc1. The summed E-state index contributed by atoms with van der Waals surface area (Å²) in [6.07, 6.45) is 6.39. The predicted molar refractivity (Wildman–Crippen MR) is 113 cm³/mol.